The summed E-state index contributed by atoms with van der Waals surface area (Å²) in [6.45, 7) is 0. The Kier molecular flexibility index (Phi) is 3.04. The van der Waals surface area contributed by atoms with Gasteiger partial charge in [-0.3, -0.25) is 9.78 Å². The van der Waals surface area contributed by atoms with Gasteiger partial charge in [0, 0.05) is 12.3 Å². The van der Waals surface area contributed by atoms with E-state index in [1.165, 1.54) is 13.3 Å². The first-order valence-electron chi connectivity index (χ1n) is 4.88. The van der Waals surface area contributed by atoms with Crippen molar-refractivity contribution in [3.63, 3.8) is 0 Å². The lowest BCUT2D eigenvalue weighted by atomic mass is 10.3. The Morgan fingerprint density at radius 3 is 2.71 bits per heavy atom. The van der Waals surface area contributed by atoms with E-state index in [2.05, 4.69) is 15.0 Å². The Labute approximate surface area is 97.3 Å². The van der Waals surface area contributed by atoms with Crippen molar-refractivity contribution in [3.05, 3.63) is 34.9 Å². The van der Waals surface area contributed by atoms with Crippen molar-refractivity contribution in [2.75, 3.05) is 14.2 Å². The fraction of sp³-hybridized carbons (Fsp3) is 0.182. The van der Waals surface area contributed by atoms with Gasteiger partial charge in [-0.15, -0.1) is 0 Å². The molecular formula is C11H11N3O3. The SMILES string of the molecule is COc1ccnc(-c2ncc(OC)c(=O)[nH]2)c1. The quantitative estimate of drug-likeness (QED) is 0.850. The van der Waals surface area contributed by atoms with Gasteiger partial charge in [-0.1, -0.05) is 0 Å². The van der Waals surface area contributed by atoms with Crippen LogP contribution in [0.5, 0.6) is 11.5 Å². The van der Waals surface area contributed by atoms with Crippen molar-refractivity contribution >= 4 is 0 Å². The molecule has 0 saturated heterocycles. The molecule has 1 N–H and O–H groups in total. The number of hydrogen-bond acceptors (Lipinski definition) is 5. The van der Waals surface area contributed by atoms with Crippen LogP contribution in [0.25, 0.3) is 11.5 Å². The molecule has 6 heteroatoms. The first kappa shape index (κ1) is 11.1. The van der Waals surface area contributed by atoms with Crippen molar-refractivity contribution in [2.24, 2.45) is 0 Å². The van der Waals surface area contributed by atoms with Gasteiger partial charge in [0.1, 0.15) is 11.4 Å². The third-order valence-electron chi connectivity index (χ3n) is 2.20. The third-order valence-corrected chi connectivity index (χ3v) is 2.20. The Morgan fingerprint density at radius 1 is 1.24 bits per heavy atom. The smallest absolute Gasteiger partial charge is 0.293 e. The summed E-state index contributed by atoms with van der Waals surface area (Å²) in [5, 5.41) is 0. The maximum absolute atomic E-state index is 11.5. The predicted octanol–water partition coefficient (Wildman–Crippen LogP) is 0.849. The van der Waals surface area contributed by atoms with Crippen LogP contribution in [0, 0.1) is 0 Å². The largest absolute Gasteiger partial charge is 0.497 e. The first-order chi connectivity index (χ1) is 8.24. The van der Waals surface area contributed by atoms with Crippen LogP contribution in [0.15, 0.2) is 29.3 Å². The molecule has 17 heavy (non-hydrogen) atoms. The normalized spacial score (nSPS) is 10.0. The second-order valence-electron chi connectivity index (χ2n) is 3.21. The molecule has 0 aromatic carbocycles. The third kappa shape index (κ3) is 2.25. The molecule has 2 rings (SSSR count). The topological polar surface area (TPSA) is 77.1 Å². The Hall–Kier alpha value is -2.37. The molecular weight excluding hydrogens is 222 g/mol. The molecule has 0 bridgehead atoms. The van der Waals surface area contributed by atoms with Gasteiger partial charge in [-0.25, -0.2) is 4.98 Å². The predicted molar refractivity (Wildman–Crippen MR) is 61.2 cm³/mol. The molecule has 0 spiro atoms. The standard InChI is InChI=1S/C11H11N3O3/c1-16-7-3-4-12-8(5-7)10-13-6-9(17-2)11(15)14-10/h3-6H,1-2H3,(H,13,14,15). The van der Waals surface area contributed by atoms with E-state index in [1.54, 1.807) is 25.4 Å². The second-order valence-corrected chi connectivity index (χ2v) is 3.21. The van der Waals surface area contributed by atoms with E-state index in [-0.39, 0.29) is 11.3 Å². The van der Waals surface area contributed by atoms with Crippen LogP contribution >= 0.6 is 0 Å². The second kappa shape index (κ2) is 4.65. The minimum absolute atomic E-state index is 0.164. The highest BCUT2D eigenvalue weighted by atomic mass is 16.5. The molecule has 2 aromatic rings. The first-order valence-corrected chi connectivity index (χ1v) is 4.88. The van der Waals surface area contributed by atoms with Crippen LogP contribution in [0.4, 0.5) is 0 Å². The lowest BCUT2D eigenvalue weighted by Crippen LogP contribution is -2.11. The molecule has 0 atom stereocenters. The molecule has 0 unspecified atom stereocenters. The van der Waals surface area contributed by atoms with Crippen molar-refractivity contribution in [3.8, 4) is 23.0 Å². The molecule has 0 aliphatic carbocycles. The summed E-state index contributed by atoms with van der Waals surface area (Å²) in [5.41, 5.74) is 0.186. The molecule has 0 saturated carbocycles. The Morgan fingerprint density at radius 2 is 2.06 bits per heavy atom. The van der Waals surface area contributed by atoms with E-state index >= 15 is 0 Å². The summed E-state index contributed by atoms with van der Waals surface area (Å²) in [4.78, 5) is 22.3. The van der Waals surface area contributed by atoms with Gasteiger partial charge < -0.3 is 14.5 Å². The molecule has 0 aliphatic heterocycles. The number of H-pyrrole nitrogens is 1. The summed E-state index contributed by atoms with van der Waals surface area (Å²) in [7, 11) is 2.97. The van der Waals surface area contributed by atoms with E-state index in [1.807, 2.05) is 0 Å². The summed E-state index contributed by atoms with van der Waals surface area (Å²) < 4.78 is 9.90. The fourth-order valence-corrected chi connectivity index (χ4v) is 1.33. The number of rotatable bonds is 3. The van der Waals surface area contributed by atoms with E-state index in [0.29, 0.717) is 17.3 Å². The summed E-state index contributed by atoms with van der Waals surface area (Å²) in [5.74, 6) is 1.18. The molecule has 2 heterocycles. The van der Waals surface area contributed by atoms with Gasteiger partial charge in [-0.05, 0) is 6.07 Å². The number of nitrogens with zero attached hydrogens (tertiary/aromatic N) is 2. The van der Waals surface area contributed by atoms with Gasteiger partial charge in [0.25, 0.3) is 5.56 Å². The van der Waals surface area contributed by atoms with E-state index in [4.69, 9.17) is 9.47 Å². The van der Waals surface area contributed by atoms with Gasteiger partial charge in [-0.2, -0.15) is 0 Å². The van der Waals surface area contributed by atoms with Crippen molar-refractivity contribution < 1.29 is 9.47 Å². The van der Waals surface area contributed by atoms with Crippen LogP contribution < -0.4 is 15.0 Å². The van der Waals surface area contributed by atoms with Gasteiger partial charge >= 0.3 is 0 Å². The zero-order valence-corrected chi connectivity index (χ0v) is 9.43. The Bertz CT molecular complexity index is 580. The molecule has 6 nitrogen and oxygen atoms in total. The number of hydrogen-bond donors (Lipinski definition) is 1. The fourth-order valence-electron chi connectivity index (χ4n) is 1.33. The Balaban J connectivity index is 2.46. The number of aromatic amines is 1. The van der Waals surface area contributed by atoms with Crippen molar-refractivity contribution in [2.45, 2.75) is 0 Å². The molecule has 0 radical (unpaired) electrons. The average molecular weight is 233 g/mol. The number of methoxy groups -OCH3 is 2. The molecule has 2 aromatic heterocycles. The number of nitrogens with one attached hydrogen (secondary N) is 1. The summed E-state index contributed by atoms with van der Waals surface area (Å²) in [6.07, 6.45) is 2.94. The minimum Gasteiger partial charge on any atom is -0.497 e. The highest BCUT2D eigenvalue weighted by Gasteiger charge is 2.06. The lowest BCUT2D eigenvalue weighted by molar-refractivity contribution is 0.406. The number of aromatic nitrogens is 3. The maximum Gasteiger partial charge on any atom is 0.293 e. The molecule has 0 amide bonds. The average Bonchev–Trinajstić information content (AvgIpc) is 2.38. The van der Waals surface area contributed by atoms with Crippen LogP contribution in [-0.2, 0) is 0 Å². The highest BCUT2D eigenvalue weighted by molar-refractivity contribution is 5.51. The zero-order chi connectivity index (χ0) is 12.3. The van der Waals surface area contributed by atoms with Gasteiger partial charge in [0.15, 0.2) is 5.82 Å². The molecule has 88 valence electrons. The summed E-state index contributed by atoms with van der Waals surface area (Å²) in [6, 6.07) is 3.40. The minimum atomic E-state index is -0.345. The number of ether oxygens (including phenoxy) is 2. The monoisotopic (exact) mass is 233 g/mol. The number of pyridine rings is 1. The molecule has 0 fully saturated rings. The van der Waals surface area contributed by atoms with E-state index in [9.17, 15) is 4.79 Å². The van der Waals surface area contributed by atoms with Crippen molar-refractivity contribution in [1.29, 1.82) is 0 Å². The van der Waals surface area contributed by atoms with Gasteiger partial charge in [0.05, 0.1) is 20.4 Å². The van der Waals surface area contributed by atoms with Crippen LogP contribution in [0.1, 0.15) is 0 Å². The zero-order valence-electron chi connectivity index (χ0n) is 9.43. The van der Waals surface area contributed by atoms with Crippen LogP contribution in [0.3, 0.4) is 0 Å². The highest BCUT2D eigenvalue weighted by Crippen LogP contribution is 2.17. The van der Waals surface area contributed by atoms with Crippen molar-refractivity contribution in [1.82, 2.24) is 15.0 Å². The van der Waals surface area contributed by atoms with Crippen LogP contribution in [0.2, 0.25) is 0 Å². The van der Waals surface area contributed by atoms with E-state index in [0.717, 1.165) is 0 Å². The van der Waals surface area contributed by atoms with Gasteiger partial charge in [0.2, 0.25) is 5.75 Å². The summed E-state index contributed by atoms with van der Waals surface area (Å²) >= 11 is 0. The maximum atomic E-state index is 11.5. The lowest BCUT2D eigenvalue weighted by Gasteiger charge is -2.03. The molecule has 0 aliphatic rings. The van der Waals surface area contributed by atoms with E-state index < -0.39 is 0 Å². The van der Waals surface area contributed by atoms with Crippen LogP contribution in [-0.4, -0.2) is 29.2 Å².